The molecular weight excluding hydrogens is 420 g/mol. The fourth-order valence-electron chi connectivity index (χ4n) is 3.63. The summed E-state index contributed by atoms with van der Waals surface area (Å²) in [5.41, 5.74) is 2.72. The summed E-state index contributed by atoms with van der Waals surface area (Å²) >= 11 is 0. The summed E-state index contributed by atoms with van der Waals surface area (Å²) in [7, 11) is 3.15. The smallest absolute Gasteiger partial charge is 0.253 e. The predicted molar refractivity (Wildman–Crippen MR) is 123 cm³/mol. The number of nitrogens with zero attached hydrogens (tertiary/aromatic N) is 3. The Morgan fingerprint density at radius 2 is 1.70 bits per heavy atom. The zero-order valence-corrected chi connectivity index (χ0v) is 18.4. The van der Waals surface area contributed by atoms with Crippen LogP contribution in [-0.4, -0.2) is 41.7 Å². The van der Waals surface area contributed by atoms with Gasteiger partial charge in [0, 0.05) is 36.4 Å². The Hall–Kier alpha value is -4.20. The molecule has 0 aliphatic carbocycles. The van der Waals surface area contributed by atoms with Gasteiger partial charge in [-0.25, -0.2) is 5.01 Å². The van der Waals surface area contributed by atoms with Crippen molar-refractivity contribution in [2.75, 3.05) is 14.2 Å². The highest BCUT2D eigenvalue weighted by Crippen LogP contribution is 2.30. The van der Waals surface area contributed by atoms with E-state index in [1.807, 2.05) is 42.5 Å². The van der Waals surface area contributed by atoms with Gasteiger partial charge >= 0.3 is 0 Å². The minimum absolute atomic E-state index is 0.178. The van der Waals surface area contributed by atoms with E-state index >= 15 is 0 Å². The minimum Gasteiger partial charge on any atom is -0.493 e. The van der Waals surface area contributed by atoms with Crippen LogP contribution in [0, 0.1) is 0 Å². The highest BCUT2D eigenvalue weighted by Gasteiger charge is 2.31. The van der Waals surface area contributed by atoms with Crippen LogP contribution in [0.25, 0.3) is 0 Å². The lowest BCUT2D eigenvalue weighted by Gasteiger charge is -2.32. The molecular formula is C25H24N4O4. The molecule has 0 spiro atoms. The van der Waals surface area contributed by atoms with Crippen molar-refractivity contribution in [1.82, 2.24) is 15.3 Å². The maximum Gasteiger partial charge on any atom is 0.253 e. The number of hydrogen-bond donors (Lipinski definition) is 1. The van der Waals surface area contributed by atoms with Gasteiger partial charge in [0.25, 0.3) is 5.91 Å². The van der Waals surface area contributed by atoms with E-state index in [-0.39, 0.29) is 18.2 Å². The van der Waals surface area contributed by atoms with Crippen LogP contribution in [0.15, 0.2) is 78.2 Å². The quantitative estimate of drug-likeness (QED) is 0.602. The molecule has 1 aliphatic rings. The zero-order valence-electron chi connectivity index (χ0n) is 18.4. The Morgan fingerprint density at radius 3 is 2.39 bits per heavy atom. The molecule has 2 aromatic carbocycles. The van der Waals surface area contributed by atoms with Crippen LogP contribution < -0.4 is 14.8 Å². The largest absolute Gasteiger partial charge is 0.493 e. The molecule has 8 nitrogen and oxygen atoms in total. The highest BCUT2D eigenvalue weighted by atomic mass is 16.5. The number of carbonyl (C=O) groups excluding carboxylic acids is 2. The van der Waals surface area contributed by atoms with Crippen LogP contribution in [0.4, 0.5) is 0 Å². The van der Waals surface area contributed by atoms with Crippen LogP contribution in [0.3, 0.4) is 0 Å². The molecule has 168 valence electrons. The fourth-order valence-corrected chi connectivity index (χ4v) is 3.63. The molecule has 1 aromatic heterocycles. The van der Waals surface area contributed by atoms with E-state index in [0.717, 1.165) is 16.8 Å². The maximum absolute atomic E-state index is 12.9. The molecule has 4 rings (SSSR count). The van der Waals surface area contributed by atoms with Crippen molar-refractivity contribution < 1.29 is 19.1 Å². The zero-order chi connectivity index (χ0) is 23.2. The number of hydrogen-bond acceptors (Lipinski definition) is 6. The van der Waals surface area contributed by atoms with E-state index in [2.05, 4.69) is 15.4 Å². The van der Waals surface area contributed by atoms with Gasteiger partial charge in [-0.3, -0.25) is 14.6 Å². The molecule has 0 saturated carbocycles. The molecule has 3 aromatic rings. The Balaban J connectivity index is 1.71. The molecule has 2 amide bonds. The van der Waals surface area contributed by atoms with Gasteiger partial charge in [0.05, 0.1) is 19.9 Å². The van der Waals surface area contributed by atoms with E-state index in [1.165, 1.54) is 5.01 Å². The summed E-state index contributed by atoms with van der Waals surface area (Å²) in [5.74, 6) is 0.680. The van der Waals surface area contributed by atoms with Crippen LogP contribution in [-0.2, 0) is 4.79 Å². The lowest BCUT2D eigenvalue weighted by atomic mass is 10.0. The average Bonchev–Trinajstić information content (AvgIpc) is 2.88. The van der Waals surface area contributed by atoms with Crippen molar-refractivity contribution >= 4 is 17.5 Å². The SMILES string of the molecule is COc1ccc(C2=NN(C(NC(=O)c3ccncc3)c3ccccc3)C(=O)CC2)cc1OC. The molecule has 0 bridgehead atoms. The molecule has 1 N–H and O–H groups in total. The monoisotopic (exact) mass is 444 g/mol. The number of ether oxygens (including phenoxy) is 2. The number of pyridine rings is 1. The van der Waals surface area contributed by atoms with E-state index < -0.39 is 6.17 Å². The normalized spacial score (nSPS) is 14.3. The van der Waals surface area contributed by atoms with Crippen LogP contribution in [0.2, 0.25) is 0 Å². The Labute approximate surface area is 191 Å². The average molecular weight is 444 g/mol. The van der Waals surface area contributed by atoms with Crippen molar-refractivity contribution in [2.24, 2.45) is 5.10 Å². The van der Waals surface area contributed by atoms with Gasteiger partial charge in [0.15, 0.2) is 17.7 Å². The maximum atomic E-state index is 12.9. The van der Waals surface area contributed by atoms with Crippen molar-refractivity contribution in [3.05, 3.63) is 89.7 Å². The van der Waals surface area contributed by atoms with Crippen molar-refractivity contribution in [1.29, 1.82) is 0 Å². The number of nitrogens with one attached hydrogen (secondary N) is 1. The van der Waals surface area contributed by atoms with Gasteiger partial charge in [-0.15, -0.1) is 0 Å². The first-order chi connectivity index (χ1) is 16.1. The van der Waals surface area contributed by atoms with Gasteiger partial charge in [0.2, 0.25) is 5.91 Å². The second-order valence-corrected chi connectivity index (χ2v) is 7.38. The summed E-state index contributed by atoms with van der Waals surface area (Å²) in [6.45, 7) is 0. The minimum atomic E-state index is -0.769. The Morgan fingerprint density at radius 1 is 0.970 bits per heavy atom. The number of benzene rings is 2. The molecule has 1 atom stereocenters. The van der Waals surface area contributed by atoms with Gasteiger partial charge in [-0.05, 0) is 35.9 Å². The molecule has 1 unspecified atom stereocenters. The van der Waals surface area contributed by atoms with Crippen molar-refractivity contribution in [3.63, 3.8) is 0 Å². The third-order valence-corrected chi connectivity index (χ3v) is 5.35. The van der Waals surface area contributed by atoms with Crippen molar-refractivity contribution in [2.45, 2.75) is 19.0 Å². The third kappa shape index (κ3) is 4.85. The molecule has 0 radical (unpaired) electrons. The first-order valence-corrected chi connectivity index (χ1v) is 10.5. The van der Waals surface area contributed by atoms with E-state index in [9.17, 15) is 9.59 Å². The molecule has 1 aliphatic heterocycles. The molecule has 8 heteroatoms. The molecule has 33 heavy (non-hydrogen) atoms. The standard InChI is InChI=1S/C25H24N4O4/c1-32-21-10-8-19(16-22(21)33-2)20-9-11-23(30)29(28-20)24(17-6-4-3-5-7-17)27-25(31)18-12-14-26-15-13-18/h3-8,10,12-16,24H,9,11H2,1-2H3,(H,27,31). The van der Waals surface area contributed by atoms with Crippen LogP contribution in [0.5, 0.6) is 11.5 Å². The van der Waals surface area contributed by atoms with Gasteiger partial charge in [0.1, 0.15) is 0 Å². The summed E-state index contributed by atoms with van der Waals surface area (Å²) in [6.07, 6.45) is 3.07. The van der Waals surface area contributed by atoms with E-state index in [4.69, 9.17) is 9.47 Å². The number of carbonyl (C=O) groups is 2. The lowest BCUT2D eigenvalue weighted by molar-refractivity contribution is -0.134. The Bertz CT molecular complexity index is 1170. The third-order valence-electron chi connectivity index (χ3n) is 5.35. The van der Waals surface area contributed by atoms with Gasteiger partial charge in [-0.1, -0.05) is 30.3 Å². The lowest BCUT2D eigenvalue weighted by Crippen LogP contribution is -2.44. The number of methoxy groups -OCH3 is 2. The number of aromatic nitrogens is 1. The van der Waals surface area contributed by atoms with E-state index in [0.29, 0.717) is 23.5 Å². The highest BCUT2D eigenvalue weighted by molar-refractivity contribution is 6.04. The summed E-state index contributed by atoms with van der Waals surface area (Å²) < 4.78 is 10.7. The van der Waals surface area contributed by atoms with Gasteiger partial charge < -0.3 is 14.8 Å². The van der Waals surface area contributed by atoms with Crippen LogP contribution in [0.1, 0.15) is 40.5 Å². The second kappa shape index (κ2) is 9.95. The Kier molecular flexibility index (Phi) is 6.64. The van der Waals surface area contributed by atoms with Gasteiger partial charge in [-0.2, -0.15) is 5.10 Å². The van der Waals surface area contributed by atoms with Crippen LogP contribution >= 0.6 is 0 Å². The number of hydrazone groups is 1. The first kappa shape index (κ1) is 22.0. The summed E-state index contributed by atoms with van der Waals surface area (Å²) in [4.78, 5) is 29.8. The van der Waals surface area contributed by atoms with Crippen molar-refractivity contribution in [3.8, 4) is 11.5 Å². The molecule has 2 heterocycles. The fraction of sp³-hybridized carbons (Fsp3) is 0.200. The van der Waals surface area contributed by atoms with E-state index in [1.54, 1.807) is 44.8 Å². The number of amides is 2. The predicted octanol–water partition coefficient (Wildman–Crippen LogP) is 3.55. The number of rotatable bonds is 7. The second-order valence-electron chi connectivity index (χ2n) is 7.38. The summed E-state index contributed by atoms with van der Waals surface area (Å²) in [5, 5.41) is 8.96. The molecule has 0 saturated heterocycles. The first-order valence-electron chi connectivity index (χ1n) is 10.5. The summed E-state index contributed by atoms with van der Waals surface area (Å²) in [6, 6.07) is 18.0. The molecule has 0 fully saturated rings. The topological polar surface area (TPSA) is 93.1 Å².